The van der Waals surface area contributed by atoms with Crippen molar-refractivity contribution in [3.63, 3.8) is 0 Å². The van der Waals surface area contributed by atoms with Crippen LogP contribution < -0.4 is 4.90 Å². The van der Waals surface area contributed by atoms with E-state index in [1.807, 2.05) is 19.9 Å². The fourth-order valence-electron chi connectivity index (χ4n) is 2.87. The quantitative estimate of drug-likeness (QED) is 0.371. The number of nitro benzene ring substituents is 1. The van der Waals surface area contributed by atoms with E-state index in [0.717, 1.165) is 18.8 Å². The van der Waals surface area contributed by atoms with Crippen molar-refractivity contribution in [2.75, 3.05) is 18.0 Å². The zero-order chi connectivity index (χ0) is 19.4. The first kappa shape index (κ1) is 18.2. The lowest BCUT2D eigenvalue weighted by Crippen LogP contribution is -2.21. The summed E-state index contributed by atoms with van der Waals surface area (Å²) in [5, 5.41) is 30.1. The molecule has 0 saturated carbocycles. The third-order valence-electron chi connectivity index (χ3n) is 4.28. The summed E-state index contributed by atoms with van der Waals surface area (Å²) >= 11 is 0. The van der Waals surface area contributed by atoms with Gasteiger partial charge < -0.3 is 10.0 Å². The van der Waals surface area contributed by atoms with E-state index in [9.17, 15) is 15.2 Å². The molecular formula is C19H19N5O3. The maximum Gasteiger partial charge on any atom is 0.278 e. The maximum absolute atomic E-state index is 11.2. The van der Waals surface area contributed by atoms with Crippen LogP contribution in [0.25, 0.3) is 10.9 Å². The molecular weight excluding hydrogens is 346 g/mol. The predicted molar refractivity (Wildman–Crippen MR) is 104 cm³/mol. The van der Waals surface area contributed by atoms with Gasteiger partial charge in [-0.15, -0.1) is 10.2 Å². The van der Waals surface area contributed by atoms with Crippen LogP contribution in [0.1, 0.15) is 13.8 Å². The van der Waals surface area contributed by atoms with E-state index < -0.39 is 4.92 Å². The number of nitro groups is 1. The maximum atomic E-state index is 11.2. The number of fused-ring (bicyclic) bond motifs is 1. The van der Waals surface area contributed by atoms with Crippen molar-refractivity contribution in [2.24, 2.45) is 10.2 Å². The van der Waals surface area contributed by atoms with Gasteiger partial charge in [0.1, 0.15) is 22.6 Å². The summed E-state index contributed by atoms with van der Waals surface area (Å²) in [6, 6.07) is 11.3. The molecule has 0 aliphatic rings. The molecule has 0 radical (unpaired) electrons. The molecule has 0 aliphatic carbocycles. The van der Waals surface area contributed by atoms with Crippen molar-refractivity contribution < 1.29 is 10.0 Å². The van der Waals surface area contributed by atoms with Gasteiger partial charge in [-0.3, -0.25) is 15.1 Å². The number of pyridine rings is 1. The molecule has 1 N–H and O–H groups in total. The molecule has 8 heteroatoms. The van der Waals surface area contributed by atoms with E-state index in [1.54, 1.807) is 30.5 Å². The van der Waals surface area contributed by atoms with Gasteiger partial charge in [0.15, 0.2) is 0 Å². The van der Waals surface area contributed by atoms with Crippen molar-refractivity contribution >= 4 is 33.7 Å². The molecule has 0 aliphatic heterocycles. The van der Waals surface area contributed by atoms with E-state index in [0.29, 0.717) is 22.3 Å². The summed E-state index contributed by atoms with van der Waals surface area (Å²) in [4.78, 5) is 17.0. The lowest BCUT2D eigenvalue weighted by molar-refractivity contribution is -0.383. The average Bonchev–Trinajstić information content (AvgIpc) is 2.68. The Morgan fingerprint density at radius 2 is 1.81 bits per heavy atom. The number of hydrogen-bond acceptors (Lipinski definition) is 7. The Kier molecular flexibility index (Phi) is 5.25. The largest absolute Gasteiger partial charge is 0.506 e. The van der Waals surface area contributed by atoms with Crippen LogP contribution in [0.4, 0.5) is 22.7 Å². The Labute approximate surface area is 156 Å². The zero-order valence-electron chi connectivity index (χ0n) is 15.0. The predicted octanol–water partition coefficient (Wildman–Crippen LogP) is 5.11. The van der Waals surface area contributed by atoms with Crippen LogP contribution in [0.15, 0.2) is 58.9 Å². The van der Waals surface area contributed by atoms with Crippen LogP contribution in [-0.2, 0) is 0 Å². The van der Waals surface area contributed by atoms with Crippen LogP contribution in [0.5, 0.6) is 5.75 Å². The average molecular weight is 365 g/mol. The van der Waals surface area contributed by atoms with Gasteiger partial charge in [-0.05, 0) is 44.2 Å². The highest BCUT2D eigenvalue weighted by Crippen LogP contribution is 2.35. The van der Waals surface area contributed by atoms with Gasteiger partial charge in [-0.2, -0.15) is 0 Å². The zero-order valence-corrected chi connectivity index (χ0v) is 15.0. The van der Waals surface area contributed by atoms with E-state index >= 15 is 0 Å². The SMILES string of the molecule is CCN(CC)c1ccc(N=Nc2ccc([N+](=O)[O-])c3cccnc23)c(O)c1. The number of azo groups is 1. The highest BCUT2D eigenvalue weighted by molar-refractivity contribution is 5.95. The molecule has 8 nitrogen and oxygen atoms in total. The lowest BCUT2D eigenvalue weighted by Gasteiger charge is -2.21. The van der Waals surface area contributed by atoms with Crippen molar-refractivity contribution in [2.45, 2.75) is 13.8 Å². The third-order valence-corrected chi connectivity index (χ3v) is 4.28. The highest BCUT2D eigenvalue weighted by atomic mass is 16.6. The summed E-state index contributed by atoms with van der Waals surface area (Å²) in [5.74, 6) is 0.0160. The fraction of sp³-hybridized carbons (Fsp3) is 0.211. The lowest BCUT2D eigenvalue weighted by atomic mass is 10.1. The second-order valence-electron chi connectivity index (χ2n) is 5.81. The minimum atomic E-state index is -0.456. The van der Waals surface area contributed by atoms with Crippen LogP contribution in [-0.4, -0.2) is 28.1 Å². The molecule has 3 aromatic rings. The van der Waals surface area contributed by atoms with E-state index in [4.69, 9.17) is 0 Å². The second-order valence-corrected chi connectivity index (χ2v) is 5.81. The van der Waals surface area contributed by atoms with Gasteiger partial charge in [-0.25, -0.2) is 0 Å². The molecule has 0 spiro atoms. The van der Waals surface area contributed by atoms with Gasteiger partial charge in [0, 0.05) is 37.1 Å². The molecule has 3 rings (SSSR count). The molecule has 0 fully saturated rings. The normalized spacial score (nSPS) is 11.2. The number of phenolic OH excluding ortho intramolecular Hbond substituents is 1. The summed E-state index contributed by atoms with van der Waals surface area (Å²) in [5.41, 5.74) is 1.95. The Balaban J connectivity index is 1.97. The van der Waals surface area contributed by atoms with Crippen LogP contribution in [0, 0.1) is 10.1 Å². The molecule has 2 aromatic carbocycles. The Morgan fingerprint density at radius 3 is 2.48 bits per heavy atom. The number of aromatic nitrogens is 1. The fourth-order valence-corrected chi connectivity index (χ4v) is 2.87. The van der Waals surface area contributed by atoms with Gasteiger partial charge in [0.25, 0.3) is 5.69 Å². The van der Waals surface area contributed by atoms with Crippen LogP contribution >= 0.6 is 0 Å². The Morgan fingerprint density at radius 1 is 1.11 bits per heavy atom. The molecule has 1 aromatic heterocycles. The van der Waals surface area contributed by atoms with Gasteiger partial charge in [0.2, 0.25) is 0 Å². The minimum Gasteiger partial charge on any atom is -0.506 e. The van der Waals surface area contributed by atoms with Crippen molar-refractivity contribution in [1.29, 1.82) is 0 Å². The molecule has 0 amide bonds. The molecule has 0 atom stereocenters. The van der Waals surface area contributed by atoms with Crippen molar-refractivity contribution in [1.82, 2.24) is 4.98 Å². The minimum absolute atomic E-state index is 0.0160. The summed E-state index contributed by atoms with van der Waals surface area (Å²) in [6.07, 6.45) is 1.54. The monoisotopic (exact) mass is 365 g/mol. The van der Waals surface area contributed by atoms with Gasteiger partial charge in [-0.1, -0.05) is 0 Å². The summed E-state index contributed by atoms with van der Waals surface area (Å²) < 4.78 is 0. The molecule has 138 valence electrons. The third kappa shape index (κ3) is 3.69. The molecule has 0 saturated heterocycles. The van der Waals surface area contributed by atoms with E-state index in [2.05, 4.69) is 20.1 Å². The number of benzene rings is 2. The van der Waals surface area contributed by atoms with Crippen molar-refractivity contribution in [3.05, 3.63) is 58.8 Å². The van der Waals surface area contributed by atoms with E-state index in [-0.39, 0.29) is 11.4 Å². The number of anilines is 1. The number of rotatable bonds is 6. The summed E-state index contributed by atoms with van der Waals surface area (Å²) in [7, 11) is 0. The number of nitrogens with zero attached hydrogens (tertiary/aromatic N) is 5. The second kappa shape index (κ2) is 7.77. The highest BCUT2D eigenvalue weighted by Gasteiger charge is 2.15. The number of phenols is 1. The first-order valence-corrected chi connectivity index (χ1v) is 8.57. The molecule has 0 bridgehead atoms. The number of hydrogen-bond donors (Lipinski definition) is 1. The van der Waals surface area contributed by atoms with Crippen LogP contribution in [0.3, 0.4) is 0 Å². The van der Waals surface area contributed by atoms with Gasteiger partial charge in [0.05, 0.1) is 10.3 Å². The standard InChI is InChI=1S/C19H19N5O3/c1-3-23(4-2)13-7-8-15(18(25)12-13)21-22-16-9-10-17(24(26)27)14-6-5-11-20-19(14)16/h5-12,25H,3-4H2,1-2H3. The topological polar surface area (TPSA) is 104 Å². The number of aromatic hydroxyl groups is 1. The van der Waals surface area contributed by atoms with Crippen LogP contribution in [0.2, 0.25) is 0 Å². The molecule has 27 heavy (non-hydrogen) atoms. The van der Waals surface area contributed by atoms with E-state index in [1.165, 1.54) is 12.1 Å². The Bertz CT molecular complexity index is 1020. The molecule has 1 heterocycles. The summed E-state index contributed by atoms with van der Waals surface area (Å²) in [6.45, 7) is 5.75. The number of non-ortho nitro benzene ring substituents is 1. The molecule has 0 unspecified atom stereocenters. The van der Waals surface area contributed by atoms with Gasteiger partial charge >= 0.3 is 0 Å². The Hall–Kier alpha value is -3.55. The first-order valence-electron chi connectivity index (χ1n) is 8.57. The smallest absolute Gasteiger partial charge is 0.278 e. The van der Waals surface area contributed by atoms with Crippen molar-refractivity contribution in [3.8, 4) is 5.75 Å². The first-order chi connectivity index (χ1) is 13.0.